The Morgan fingerprint density at radius 1 is 1.15 bits per heavy atom. The molecule has 1 spiro atoms. The normalized spacial score (nSPS) is 19.6. The van der Waals surface area contributed by atoms with E-state index in [1.54, 1.807) is 12.1 Å². The van der Waals surface area contributed by atoms with Gasteiger partial charge in [0, 0.05) is 39.6 Å². The predicted molar refractivity (Wildman–Crippen MR) is 114 cm³/mol. The lowest BCUT2D eigenvalue weighted by Crippen LogP contribution is -2.60. The van der Waals surface area contributed by atoms with E-state index in [4.69, 9.17) is 13.9 Å². The third-order valence-corrected chi connectivity index (χ3v) is 6.06. The van der Waals surface area contributed by atoms with Crippen LogP contribution >= 0.6 is 0 Å². The highest BCUT2D eigenvalue weighted by Gasteiger charge is 2.54. The van der Waals surface area contributed by atoms with Crippen molar-refractivity contribution in [3.05, 3.63) is 59.8 Å². The summed E-state index contributed by atoms with van der Waals surface area (Å²) < 4.78 is 30.4. The third kappa shape index (κ3) is 4.49. The number of hydrogen-bond donors (Lipinski definition) is 1. The first kappa shape index (κ1) is 22.9. The molecular weight excluding hydrogens is 433 g/mol. The van der Waals surface area contributed by atoms with Crippen LogP contribution in [0.3, 0.4) is 0 Å². The van der Waals surface area contributed by atoms with E-state index in [1.807, 2.05) is 0 Å². The molecule has 0 aliphatic carbocycles. The quantitative estimate of drug-likeness (QED) is 0.660. The molecule has 2 aliphatic heterocycles. The van der Waals surface area contributed by atoms with Gasteiger partial charge in [-0.25, -0.2) is 4.39 Å². The highest BCUT2D eigenvalue weighted by molar-refractivity contribution is 5.97. The molecule has 0 saturated carbocycles. The second-order valence-corrected chi connectivity index (χ2v) is 7.98. The molecule has 2 aliphatic rings. The lowest BCUT2D eigenvalue weighted by Gasteiger charge is -2.44. The molecule has 0 radical (unpaired) electrons. The number of benzene rings is 1. The van der Waals surface area contributed by atoms with Gasteiger partial charge in [-0.1, -0.05) is 12.1 Å². The van der Waals surface area contributed by atoms with E-state index in [0.717, 1.165) is 0 Å². The number of halogens is 1. The minimum atomic E-state index is -1.07. The molecule has 2 aromatic rings. The molecule has 1 aromatic carbocycles. The number of carbonyl (C=O) groups excluding carboxylic acids is 3. The Balaban J connectivity index is 1.53. The lowest BCUT2D eigenvalue weighted by atomic mass is 9.96. The van der Waals surface area contributed by atoms with Crippen LogP contribution in [0.4, 0.5) is 4.39 Å². The lowest BCUT2D eigenvalue weighted by molar-refractivity contribution is -0.128. The number of amides is 3. The van der Waals surface area contributed by atoms with E-state index in [-0.39, 0.29) is 49.8 Å². The van der Waals surface area contributed by atoms with Crippen molar-refractivity contribution in [2.75, 3.05) is 40.0 Å². The summed E-state index contributed by atoms with van der Waals surface area (Å²) in [5, 5.41) is 2.76. The molecule has 0 bridgehead atoms. The van der Waals surface area contributed by atoms with Gasteiger partial charge in [-0.2, -0.15) is 0 Å². The Morgan fingerprint density at radius 3 is 2.58 bits per heavy atom. The van der Waals surface area contributed by atoms with Crippen molar-refractivity contribution >= 4 is 17.7 Å². The Bertz CT molecular complexity index is 1000. The van der Waals surface area contributed by atoms with Crippen LogP contribution in [-0.4, -0.2) is 79.2 Å². The number of likely N-dealkylation sites (tertiary alicyclic amines) is 1. The number of piperidine rings is 1. The Kier molecular flexibility index (Phi) is 6.75. The Hall–Kier alpha value is -3.24. The van der Waals surface area contributed by atoms with Crippen molar-refractivity contribution in [2.45, 2.75) is 24.6 Å². The minimum absolute atomic E-state index is 0.000272. The van der Waals surface area contributed by atoms with Crippen molar-refractivity contribution in [3.63, 3.8) is 0 Å². The molecule has 1 atom stereocenters. The minimum Gasteiger partial charge on any atom is -0.459 e. The molecule has 1 aromatic heterocycles. The molecule has 3 amide bonds. The van der Waals surface area contributed by atoms with Crippen LogP contribution in [0.5, 0.6) is 0 Å². The van der Waals surface area contributed by atoms with Crippen molar-refractivity contribution in [1.29, 1.82) is 0 Å². The van der Waals surface area contributed by atoms with E-state index in [9.17, 15) is 18.8 Å². The van der Waals surface area contributed by atoms with Crippen LogP contribution in [0, 0.1) is 5.82 Å². The van der Waals surface area contributed by atoms with Crippen LogP contribution in [-0.2, 0) is 14.3 Å². The fourth-order valence-corrected chi connectivity index (χ4v) is 4.34. The van der Waals surface area contributed by atoms with Crippen LogP contribution in [0.1, 0.15) is 33.8 Å². The SMILES string of the molecule is COCCNC(=O)[C@@H]1COC2(CCN(C(=O)c3ccccc3F)CC2)N1C(=O)c1ccco1. The van der Waals surface area contributed by atoms with Gasteiger partial charge in [0.15, 0.2) is 5.76 Å². The first-order chi connectivity index (χ1) is 16.0. The molecule has 4 rings (SSSR count). The average Bonchev–Trinajstić information content (AvgIpc) is 3.48. The zero-order valence-corrected chi connectivity index (χ0v) is 18.3. The molecule has 33 heavy (non-hydrogen) atoms. The maximum absolute atomic E-state index is 14.1. The molecule has 2 saturated heterocycles. The standard InChI is InChI=1S/C23H26FN3O6/c1-31-14-10-25-20(28)18-15-33-23(27(18)22(30)19-7-4-13-32-19)8-11-26(12-9-23)21(29)16-5-2-3-6-17(16)24/h2-7,13,18H,8-12,14-15H2,1H3,(H,25,28)/t18-/m0/s1. The average molecular weight is 459 g/mol. The van der Waals surface area contributed by atoms with Gasteiger partial charge in [-0.05, 0) is 24.3 Å². The van der Waals surface area contributed by atoms with Gasteiger partial charge in [0.1, 0.15) is 17.6 Å². The van der Waals surface area contributed by atoms with Gasteiger partial charge in [-0.15, -0.1) is 0 Å². The summed E-state index contributed by atoms with van der Waals surface area (Å²) in [6, 6.07) is 8.10. The molecule has 176 valence electrons. The highest BCUT2D eigenvalue weighted by Crippen LogP contribution is 2.39. The third-order valence-electron chi connectivity index (χ3n) is 6.06. The van der Waals surface area contributed by atoms with Gasteiger partial charge in [-0.3, -0.25) is 19.3 Å². The van der Waals surface area contributed by atoms with E-state index in [1.165, 1.54) is 47.4 Å². The Morgan fingerprint density at radius 2 is 1.91 bits per heavy atom. The van der Waals surface area contributed by atoms with Crippen LogP contribution in [0.25, 0.3) is 0 Å². The van der Waals surface area contributed by atoms with Crippen molar-refractivity contribution in [1.82, 2.24) is 15.1 Å². The first-order valence-electron chi connectivity index (χ1n) is 10.8. The number of carbonyl (C=O) groups is 3. The van der Waals surface area contributed by atoms with E-state index in [2.05, 4.69) is 5.32 Å². The fourth-order valence-electron chi connectivity index (χ4n) is 4.34. The van der Waals surface area contributed by atoms with Crippen molar-refractivity contribution < 1.29 is 32.7 Å². The number of ether oxygens (including phenoxy) is 2. The second-order valence-electron chi connectivity index (χ2n) is 7.98. The summed E-state index contributed by atoms with van der Waals surface area (Å²) in [4.78, 5) is 42.0. The monoisotopic (exact) mass is 459 g/mol. The smallest absolute Gasteiger partial charge is 0.292 e. The van der Waals surface area contributed by atoms with Crippen LogP contribution < -0.4 is 5.32 Å². The number of hydrogen-bond acceptors (Lipinski definition) is 6. The summed E-state index contributed by atoms with van der Waals surface area (Å²) in [5.74, 6) is -1.72. The number of furan rings is 1. The van der Waals surface area contributed by atoms with E-state index in [0.29, 0.717) is 13.2 Å². The maximum atomic E-state index is 14.1. The summed E-state index contributed by atoms with van der Waals surface area (Å²) in [5.41, 5.74) is -1.07. The van der Waals surface area contributed by atoms with Gasteiger partial charge in [0.2, 0.25) is 5.91 Å². The largest absolute Gasteiger partial charge is 0.459 e. The second kappa shape index (κ2) is 9.72. The zero-order chi connectivity index (χ0) is 23.4. The number of nitrogens with zero attached hydrogens (tertiary/aromatic N) is 2. The molecule has 3 heterocycles. The number of methoxy groups -OCH3 is 1. The van der Waals surface area contributed by atoms with Crippen molar-refractivity contribution in [2.24, 2.45) is 0 Å². The molecule has 10 heteroatoms. The highest BCUT2D eigenvalue weighted by atomic mass is 19.1. The first-order valence-corrected chi connectivity index (χ1v) is 10.8. The molecule has 0 unspecified atom stereocenters. The topological polar surface area (TPSA) is 101 Å². The summed E-state index contributed by atoms with van der Waals surface area (Å²) in [6.45, 7) is 1.14. The maximum Gasteiger partial charge on any atom is 0.292 e. The molecule has 9 nitrogen and oxygen atoms in total. The van der Waals surface area contributed by atoms with Gasteiger partial charge in [0.25, 0.3) is 11.8 Å². The van der Waals surface area contributed by atoms with Gasteiger partial charge >= 0.3 is 0 Å². The number of nitrogens with one attached hydrogen (secondary N) is 1. The predicted octanol–water partition coefficient (Wildman–Crippen LogP) is 1.65. The van der Waals surface area contributed by atoms with E-state index < -0.39 is 29.4 Å². The summed E-state index contributed by atoms with van der Waals surface area (Å²) in [7, 11) is 1.53. The molecule has 1 N–H and O–H groups in total. The van der Waals surface area contributed by atoms with E-state index >= 15 is 0 Å². The van der Waals surface area contributed by atoms with Crippen molar-refractivity contribution in [3.8, 4) is 0 Å². The zero-order valence-electron chi connectivity index (χ0n) is 18.3. The summed E-state index contributed by atoms with van der Waals surface area (Å²) >= 11 is 0. The van der Waals surface area contributed by atoms with Gasteiger partial charge < -0.3 is 24.1 Å². The number of rotatable bonds is 6. The summed E-state index contributed by atoms with van der Waals surface area (Å²) in [6.07, 6.45) is 1.95. The molecular formula is C23H26FN3O6. The van der Waals surface area contributed by atoms with Crippen LogP contribution in [0.15, 0.2) is 47.1 Å². The fraction of sp³-hybridized carbons (Fsp3) is 0.435. The van der Waals surface area contributed by atoms with Crippen LogP contribution in [0.2, 0.25) is 0 Å². The Labute approximate surface area is 190 Å². The molecule has 2 fully saturated rings. The van der Waals surface area contributed by atoms with Gasteiger partial charge in [0.05, 0.1) is 25.0 Å².